The Labute approximate surface area is 110 Å². The Kier molecular flexibility index (Phi) is 4.35. The molecule has 0 bridgehead atoms. The molecule has 0 nitrogen and oxygen atoms in total. The second-order valence-corrected chi connectivity index (χ2v) is 4.58. The maximum absolute atomic E-state index is 3.93. The van der Waals surface area contributed by atoms with Crippen molar-refractivity contribution in [1.82, 2.24) is 0 Å². The summed E-state index contributed by atoms with van der Waals surface area (Å²) in [7, 11) is 0. The molecule has 0 aliphatic heterocycles. The summed E-state index contributed by atoms with van der Waals surface area (Å²) in [5.41, 5.74) is 4.04. The maximum Gasteiger partial charge on any atom is 0.00951 e. The molecule has 0 fully saturated rings. The molecule has 2 aromatic carbocycles. The van der Waals surface area contributed by atoms with Crippen molar-refractivity contribution >= 4 is 6.08 Å². The van der Waals surface area contributed by atoms with Gasteiger partial charge in [-0.25, -0.2) is 0 Å². The molecule has 0 aliphatic rings. The molecule has 1 unspecified atom stereocenters. The lowest BCUT2D eigenvalue weighted by atomic mass is 9.85. The molecule has 0 saturated heterocycles. The smallest absolute Gasteiger partial charge is 0.00951 e. The summed E-state index contributed by atoms with van der Waals surface area (Å²) in [6.07, 6.45) is 4.32. The van der Waals surface area contributed by atoms with E-state index in [2.05, 4.69) is 68.1 Å². The third kappa shape index (κ3) is 2.70. The molecule has 92 valence electrons. The molecule has 0 spiro atoms. The minimum atomic E-state index is 0.477. The van der Waals surface area contributed by atoms with Crippen molar-refractivity contribution in [2.75, 3.05) is 0 Å². The zero-order valence-electron chi connectivity index (χ0n) is 11.0. The van der Waals surface area contributed by atoms with Crippen molar-refractivity contribution in [1.29, 1.82) is 0 Å². The first-order chi connectivity index (χ1) is 8.86. The summed E-state index contributed by atoms with van der Waals surface area (Å²) in [5, 5.41) is 0. The lowest BCUT2D eigenvalue weighted by Crippen LogP contribution is -2.02. The van der Waals surface area contributed by atoms with E-state index >= 15 is 0 Å². The van der Waals surface area contributed by atoms with Gasteiger partial charge >= 0.3 is 0 Å². The first kappa shape index (κ1) is 12.6. The fourth-order valence-corrected chi connectivity index (χ4v) is 2.49. The number of benzene rings is 2. The first-order valence-corrected chi connectivity index (χ1v) is 6.63. The topological polar surface area (TPSA) is 0 Å². The van der Waals surface area contributed by atoms with Gasteiger partial charge < -0.3 is 0 Å². The molecule has 0 heteroatoms. The third-order valence-electron chi connectivity index (χ3n) is 3.37. The van der Waals surface area contributed by atoms with Gasteiger partial charge in [-0.15, -0.1) is 0 Å². The van der Waals surface area contributed by atoms with Crippen LogP contribution in [0.1, 0.15) is 42.4 Å². The predicted molar refractivity (Wildman–Crippen MR) is 79.7 cm³/mol. The van der Waals surface area contributed by atoms with Crippen LogP contribution in [-0.2, 0) is 0 Å². The normalized spacial score (nSPS) is 12.1. The molecule has 0 heterocycles. The molecule has 18 heavy (non-hydrogen) atoms. The highest BCUT2D eigenvalue weighted by Crippen LogP contribution is 2.31. The Hall–Kier alpha value is -1.82. The Morgan fingerprint density at radius 1 is 1.00 bits per heavy atom. The van der Waals surface area contributed by atoms with Crippen LogP contribution in [-0.4, -0.2) is 0 Å². The van der Waals surface area contributed by atoms with Crippen molar-refractivity contribution in [3.63, 3.8) is 0 Å². The van der Waals surface area contributed by atoms with E-state index in [9.17, 15) is 0 Å². The summed E-state index contributed by atoms with van der Waals surface area (Å²) < 4.78 is 0. The van der Waals surface area contributed by atoms with Gasteiger partial charge in [-0.05, 0) is 23.1 Å². The van der Waals surface area contributed by atoms with E-state index in [0.717, 1.165) is 0 Å². The summed E-state index contributed by atoms with van der Waals surface area (Å²) in [6, 6.07) is 19.3. The van der Waals surface area contributed by atoms with Crippen LogP contribution in [0, 0.1) is 0 Å². The van der Waals surface area contributed by atoms with E-state index in [1.807, 2.05) is 6.08 Å². The fourth-order valence-electron chi connectivity index (χ4n) is 2.49. The summed E-state index contributed by atoms with van der Waals surface area (Å²) in [6.45, 7) is 6.17. The monoisotopic (exact) mass is 236 g/mol. The lowest BCUT2D eigenvalue weighted by molar-refractivity contribution is 0.697. The quantitative estimate of drug-likeness (QED) is 0.664. The Balaban J connectivity index is 2.44. The van der Waals surface area contributed by atoms with Crippen molar-refractivity contribution < 1.29 is 0 Å². The van der Waals surface area contributed by atoms with Gasteiger partial charge in [-0.1, -0.05) is 80.6 Å². The van der Waals surface area contributed by atoms with Gasteiger partial charge in [0.1, 0.15) is 0 Å². The Morgan fingerprint density at radius 3 is 2.33 bits per heavy atom. The summed E-state index contributed by atoms with van der Waals surface area (Å²) in [4.78, 5) is 0. The van der Waals surface area contributed by atoms with Gasteiger partial charge in [-0.3, -0.25) is 0 Å². The summed E-state index contributed by atoms with van der Waals surface area (Å²) >= 11 is 0. The van der Waals surface area contributed by atoms with E-state index in [1.54, 1.807) is 0 Å². The lowest BCUT2D eigenvalue weighted by Gasteiger charge is -2.19. The van der Waals surface area contributed by atoms with Crippen LogP contribution in [0.4, 0.5) is 0 Å². The average molecular weight is 236 g/mol. The predicted octanol–water partition coefficient (Wildman–Crippen LogP) is 5.26. The molecule has 0 saturated carbocycles. The second kappa shape index (κ2) is 6.20. The van der Waals surface area contributed by atoms with Crippen LogP contribution in [0.3, 0.4) is 0 Å². The van der Waals surface area contributed by atoms with Gasteiger partial charge in [0.05, 0.1) is 0 Å². The van der Waals surface area contributed by atoms with Gasteiger partial charge in [-0.2, -0.15) is 0 Å². The Morgan fingerprint density at radius 2 is 1.67 bits per heavy atom. The number of hydrogen-bond acceptors (Lipinski definition) is 0. The van der Waals surface area contributed by atoms with Gasteiger partial charge in [0.15, 0.2) is 0 Å². The highest BCUT2D eigenvalue weighted by atomic mass is 14.2. The molecule has 0 amide bonds. The van der Waals surface area contributed by atoms with Crippen LogP contribution in [0.2, 0.25) is 0 Å². The largest absolute Gasteiger partial charge is 0.0985 e. The minimum Gasteiger partial charge on any atom is -0.0985 e. The van der Waals surface area contributed by atoms with Crippen molar-refractivity contribution in [2.45, 2.75) is 25.7 Å². The molecule has 0 aliphatic carbocycles. The van der Waals surface area contributed by atoms with E-state index < -0.39 is 0 Å². The molecule has 0 aromatic heterocycles. The van der Waals surface area contributed by atoms with E-state index in [-0.39, 0.29) is 0 Å². The molecule has 0 N–H and O–H groups in total. The third-order valence-corrected chi connectivity index (χ3v) is 3.37. The number of hydrogen-bond donors (Lipinski definition) is 0. The van der Waals surface area contributed by atoms with Crippen molar-refractivity contribution in [2.24, 2.45) is 0 Å². The van der Waals surface area contributed by atoms with Crippen LogP contribution < -0.4 is 0 Å². The van der Waals surface area contributed by atoms with Crippen molar-refractivity contribution in [3.05, 3.63) is 77.9 Å². The molecule has 0 radical (unpaired) electrons. The standard InChI is InChI=1S/C18H20/c1-3-10-17(16-12-6-5-7-13-16)18-14-9-8-11-15(18)4-2/h4-9,11-14,17H,2-3,10H2,1H3. The SMILES string of the molecule is C=Cc1ccccc1C(CCC)c1ccccc1. The van der Waals surface area contributed by atoms with E-state index in [0.29, 0.717) is 5.92 Å². The van der Waals surface area contributed by atoms with Gasteiger partial charge in [0, 0.05) is 5.92 Å². The van der Waals surface area contributed by atoms with Crippen LogP contribution in [0.5, 0.6) is 0 Å². The second-order valence-electron chi connectivity index (χ2n) is 4.58. The van der Waals surface area contributed by atoms with Crippen molar-refractivity contribution in [3.8, 4) is 0 Å². The number of rotatable bonds is 5. The molecular formula is C18H20. The molecule has 1 atom stereocenters. The van der Waals surface area contributed by atoms with Crippen LogP contribution in [0.25, 0.3) is 6.08 Å². The van der Waals surface area contributed by atoms with Gasteiger partial charge in [0.25, 0.3) is 0 Å². The first-order valence-electron chi connectivity index (χ1n) is 6.63. The molecule has 2 rings (SSSR count). The van der Waals surface area contributed by atoms with Gasteiger partial charge in [0.2, 0.25) is 0 Å². The fraction of sp³-hybridized carbons (Fsp3) is 0.222. The Bertz CT molecular complexity index is 496. The highest BCUT2D eigenvalue weighted by molar-refractivity contribution is 5.54. The molecule has 2 aromatic rings. The summed E-state index contributed by atoms with van der Waals surface area (Å²) in [5.74, 6) is 0.477. The average Bonchev–Trinajstić information content (AvgIpc) is 2.46. The maximum atomic E-state index is 3.93. The minimum absolute atomic E-state index is 0.477. The van der Waals surface area contributed by atoms with E-state index in [1.165, 1.54) is 29.5 Å². The van der Waals surface area contributed by atoms with E-state index in [4.69, 9.17) is 0 Å². The zero-order valence-corrected chi connectivity index (χ0v) is 11.0. The zero-order chi connectivity index (χ0) is 12.8. The van der Waals surface area contributed by atoms with Crippen LogP contribution >= 0.6 is 0 Å². The highest BCUT2D eigenvalue weighted by Gasteiger charge is 2.14. The van der Waals surface area contributed by atoms with Crippen LogP contribution in [0.15, 0.2) is 61.2 Å². The molecular weight excluding hydrogens is 216 g/mol.